The number of rotatable bonds is 6. The highest BCUT2D eigenvalue weighted by Crippen LogP contribution is 2.15. The minimum absolute atomic E-state index is 0.288. The standard InChI is InChI=1S/C15H24FN3O/c1-18-7-9-19(10-8-18)6-2-5-17-12-13-3-4-15(20)14(16)11-13/h3-4,11,17,20H,2,5-10,12H2,1H3. The summed E-state index contributed by atoms with van der Waals surface area (Å²) in [7, 11) is 2.16. The molecule has 1 heterocycles. The van der Waals surface area contributed by atoms with Crippen LogP contribution in [0, 0.1) is 5.82 Å². The number of piperazine rings is 1. The average molecular weight is 281 g/mol. The van der Waals surface area contributed by atoms with E-state index in [2.05, 4.69) is 22.2 Å². The minimum atomic E-state index is -0.554. The number of nitrogens with one attached hydrogen (secondary N) is 1. The van der Waals surface area contributed by atoms with Gasteiger partial charge in [-0.25, -0.2) is 4.39 Å². The van der Waals surface area contributed by atoms with Crippen LogP contribution in [0.1, 0.15) is 12.0 Å². The molecule has 0 saturated carbocycles. The van der Waals surface area contributed by atoms with Crippen LogP contribution < -0.4 is 5.32 Å². The number of hydrogen-bond acceptors (Lipinski definition) is 4. The number of benzene rings is 1. The molecule has 5 heteroatoms. The molecule has 1 aliphatic rings. The van der Waals surface area contributed by atoms with E-state index in [0.29, 0.717) is 6.54 Å². The molecule has 1 fully saturated rings. The van der Waals surface area contributed by atoms with Crippen molar-refractivity contribution in [3.05, 3.63) is 29.6 Å². The summed E-state index contributed by atoms with van der Waals surface area (Å²) in [5.41, 5.74) is 0.861. The first kappa shape index (κ1) is 15.2. The molecule has 0 atom stereocenters. The lowest BCUT2D eigenvalue weighted by molar-refractivity contribution is 0.153. The minimum Gasteiger partial charge on any atom is -0.505 e. The fourth-order valence-corrected chi connectivity index (χ4v) is 2.39. The van der Waals surface area contributed by atoms with Crippen LogP contribution in [0.15, 0.2) is 18.2 Å². The van der Waals surface area contributed by atoms with Crippen LogP contribution >= 0.6 is 0 Å². The smallest absolute Gasteiger partial charge is 0.165 e. The Hall–Kier alpha value is -1.17. The highest BCUT2D eigenvalue weighted by atomic mass is 19.1. The van der Waals surface area contributed by atoms with Gasteiger partial charge in [-0.15, -0.1) is 0 Å². The van der Waals surface area contributed by atoms with Crippen LogP contribution in [0.25, 0.3) is 0 Å². The van der Waals surface area contributed by atoms with Gasteiger partial charge in [0.2, 0.25) is 0 Å². The van der Waals surface area contributed by atoms with Gasteiger partial charge in [0.1, 0.15) is 0 Å². The average Bonchev–Trinajstić information content (AvgIpc) is 2.44. The first-order valence-corrected chi connectivity index (χ1v) is 7.24. The molecule has 112 valence electrons. The van der Waals surface area contributed by atoms with E-state index in [1.807, 2.05) is 0 Å². The number of nitrogens with zero attached hydrogens (tertiary/aromatic N) is 2. The van der Waals surface area contributed by atoms with Gasteiger partial charge in [-0.05, 0) is 44.3 Å². The van der Waals surface area contributed by atoms with Gasteiger partial charge in [0.25, 0.3) is 0 Å². The van der Waals surface area contributed by atoms with Crippen molar-refractivity contribution in [2.45, 2.75) is 13.0 Å². The lowest BCUT2D eigenvalue weighted by atomic mass is 10.2. The zero-order valence-electron chi connectivity index (χ0n) is 12.1. The summed E-state index contributed by atoms with van der Waals surface area (Å²) in [6, 6.07) is 4.52. The number of phenols is 1. The van der Waals surface area contributed by atoms with Crippen molar-refractivity contribution in [3.8, 4) is 5.75 Å². The second-order valence-corrected chi connectivity index (χ2v) is 5.46. The van der Waals surface area contributed by atoms with Gasteiger partial charge in [0.15, 0.2) is 11.6 Å². The van der Waals surface area contributed by atoms with E-state index < -0.39 is 5.82 Å². The summed E-state index contributed by atoms with van der Waals surface area (Å²) in [6.45, 7) is 7.29. The molecular formula is C15H24FN3O. The molecule has 1 aromatic carbocycles. The molecule has 1 aliphatic heterocycles. The zero-order chi connectivity index (χ0) is 14.4. The van der Waals surface area contributed by atoms with Crippen molar-refractivity contribution in [3.63, 3.8) is 0 Å². The van der Waals surface area contributed by atoms with Crippen LogP contribution in [0.3, 0.4) is 0 Å². The van der Waals surface area contributed by atoms with Crippen molar-refractivity contribution in [1.82, 2.24) is 15.1 Å². The third-order valence-corrected chi connectivity index (χ3v) is 3.77. The number of likely N-dealkylation sites (N-methyl/N-ethyl adjacent to an activating group) is 1. The topological polar surface area (TPSA) is 38.7 Å². The molecule has 0 aromatic heterocycles. The molecule has 4 nitrogen and oxygen atoms in total. The second-order valence-electron chi connectivity index (χ2n) is 5.46. The second kappa shape index (κ2) is 7.57. The predicted molar refractivity (Wildman–Crippen MR) is 78.3 cm³/mol. The molecule has 2 N–H and O–H groups in total. The highest BCUT2D eigenvalue weighted by Gasteiger charge is 2.12. The van der Waals surface area contributed by atoms with E-state index in [4.69, 9.17) is 5.11 Å². The maximum Gasteiger partial charge on any atom is 0.165 e. The Bertz CT molecular complexity index is 420. The number of halogens is 1. The maximum absolute atomic E-state index is 13.1. The maximum atomic E-state index is 13.1. The molecule has 0 radical (unpaired) electrons. The molecule has 0 aliphatic carbocycles. The molecule has 1 aromatic rings. The van der Waals surface area contributed by atoms with Crippen molar-refractivity contribution < 1.29 is 9.50 Å². The lowest BCUT2D eigenvalue weighted by Gasteiger charge is -2.32. The third kappa shape index (κ3) is 4.74. The summed E-state index contributed by atoms with van der Waals surface area (Å²) < 4.78 is 13.1. The zero-order valence-corrected chi connectivity index (χ0v) is 12.1. The Balaban J connectivity index is 1.58. The van der Waals surface area contributed by atoms with Crippen LogP contribution in [0.5, 0.6) is 5.75 Å². The molecule has 0 bridgehead atoms. The largest absolute Gasteiger partial charge is 0.505 e. The molecule has 1 saturated heterocycles. The normalized spacial score (nSPS) is 17.5. The lowest BCUT2D eigenvalue weighted by Crippen LogP contribution is -2.45. The number of aromatic hydroxyl groups is 1. The summed E-state index contributed by atoms with van der Waals surface area (Å²) >= 11 is 0. The number of phenolic OH excluding ortho intramolecular Hbond substituents is 1. The van der Waals surface area contributed by atoms with Crippen molar-refractivity contribution in [2.75, 3.05) is 46.3 Å². The Morgan fingerprint density at radius 2 is 2.00 bits per heavy atom. The molecule has 2 rings (SSSR count). The van der Waals surface area contributed by atoms with Crippen molar-refractivity contribution >= 4 is 0 Å². The third-order valence-electron chi connectivity index (χ3n) is 3.77. The van der Waals surface area contributed by atoms with Gasteiger partial charge >= 0.3 is 0 Å². The first-order chi connectivity index (χ1) is 9.65. The molecule has 20 heavy (non-hydrogen) atoms. The Morgan fingerprint density at radius 1 is 1.25 bits per heavy atom. The summed E-state index contributed by atoms with van der Waals surface area (Å²) in [4.78, 5) is 4.84. The van der Waals surface area contributed by atoms with E-state index in [9.17, 15) is 4.39 Å². The molecular weight excluding hydrogens is 257 g/mol. The van der Waals surface area contributed by atoms with Gasteiger partial charge in [0, 0.05) is 32.7 Å². The van der Waals surface area contributed by atoms with Crippen molar-refractivity contribution in [2.24, 2.45) is 0 Å². The molecule has 0 spiro atoms. The van der Waals surface area contributed by atoms with E-state index in [1.165, 1.54) is 12.1 Å². The van der Waals surface area contributed by atoms with Crippen LogP contribution in [0.2, 0.25) is 0 Å². The van der Waals surface area contributed by atoms with Crippen molar-refractivity contribution in [1.29, 1.82) is 0 Å². The molecule has 0 unspecified atom stereocenters. The fraction of sp³-hybridized carbons (Fsp3) is 0.600. The highest BCUT2D eigenvalue weighted by molar-refractivity contribution is 5.27. The predicted octanol–water partition coefficient (Wildman–Crippen LogP) is 1.26. The SMILES string of the molecule is CN1CCN(CCCNCc2ccc(O)c(F)c2)CC1. The fourth-order valence-electron chi connectivity index (χ4n) is 2.39. The summed E-state index contributed by atoms with van der Waals surface area (Å²) in [6.07, 6.45) is 1.10. The first-order valence-electron chi connectivity index (χ1n) is 7.24. The number of hydrogen-bond donors (Lipinski definition) is 2. The monoisotopic (exact) mass is 281 g/mol. The Kier molecular flexibility index (Phi) is 5.76. The molecule has 0 amide bonds. The Labute approximate surface area is 120 Å². The van der Waals surface area contributed by atoms with Gasteiger partial charge in [-0.3, -0.25) is 0 Å². The van der Waals surface area contributed by atoms with Gasteiger partial charge in [-0.2, -0.15) is 0 Å². The van der Waals surface area contributed by atoms with Crippen LogP contribution in [0.4, 0.5) is 4.39 Å². The van der Waals surface area contributed by atoms with E-state index in [1.54, 1.807) is 6.07 Å². The van der Waals surface area contributed by atoms with Gasteiger partial charge < -0.3 is 20.2 Å². The van der Waals surface area contributed by atoms with E-state index >= 15 is 0 Å². The van der Waals surface area contributed by atoms with E-state index in [-0.39, 0.29) is 5.75 Å². The Morgan fingerprint density at radius 3 is 2.70 bits per heavy atom. The van der Waals surface area contributed by atoms with E-state index in [0.717, 1.165) is 51.3 Å². The van der Waals surface area contributed by atoms with Gasteiger partial charge in [0.05, 0.1) is 0 Å². The summed E-state index contributed by atoms with van der Waals surface area (Å²) in [5.74, 6) is -0.842. The van der Waals surface area contributed by atoms with Crippen LogP contribution in [-0.4, -0.2) is 61.2 Å². The quantitative estimate of drug-likeness (QED) is 0.770. The summed E-state index contributed by atoms with van der Waals surface area (Å²) in [5, 5.41) is 12.4. The van der Waals surface area contributed by atoms with Gasteiger partial charge in [-0.1, -0.05) is 6.07 Å². The van der Waals surface area contributed by atoms with Crippen LogP contribution in [-0.2, 0) is 6.54 Å².